The minimum Gasteiger partial charge on any atom is -0.383 e. The van der Waals surface area contributed by atoms with Gasteiger partial charge in [0.15, 0.2) is 0 Å². The molecule has 0 atom stereocenters. The Balaban J connectivity index is 1.37. The van der Waals surface area contributed by atoms with Crippen LogP contribution >= 0.6 is 15.9 Å². The van der Waals surface area contributed by atoms with Gasteiger partial charge >= 0.3 is 0 Å². The predicted octanol–water partition coefficient (Wildman–Crippen LogP) is 3.42. The third kappa shape index (κ3) is 4.21. The highest BCUT2D eigenvalue weighted by Gasteiger charge is 2.25. The molecule has 0 unspecified atom stereocenters. The number of rotatable bonds is 5. The van der Waals surface area contributed by atoms with Crippen LogP contribution in [0.4, 0.5) is 5.69 Å². The van der Waals surface area contributed by atoms with Crippen molar-refractivity contribution in [1.29, 1.82) is 0 Å². The topological polar surface area (TPSA) is 18.5 Å². The third-order valence-corrected chi connectivity index (χ3v) is 5.56. The molecule has 116 valence electrons. The van der Waals surface area contributed by atoms with Crippen molar-refractivity contribution in [3.63, 3.8) is 0 Å². The summed E-state index contributed by atoms with van der Waals surface area (Å²) in [6, 6.07) is 9.24. The van der Waals surface area contributed by atoms with Gasteiger partial charge in [-0.25, -0.2) is 0 Å². The van der Waals surface area contributed by atoms with Gasteiger partial charge in [-0.1, -0.05) is 25.0 Å². The molecule has 1 saturated heterocycles. The van der Waals surface area contributed by atoms with Crippen LogP contribution < -0.4 is 5.32 Å². The molecule has 3 rings (SSSR count). The summed E-state index contributed by atoms with van der Waals surface area (Å²) in [7, 11) is 0. The smallest absolute Gasteiger partial charge is 0.0485 e. The van der Waals surface area contributed by atoms with E-state index in [9.17, 15) is 0 Å². The van der Waals surface area contributed by atoms with Crippen molar-refractivity contribution in [3.8, 4) is 0 Å². The second-order valence-electron chi connectivity index (χ2n) is 6.22. The van der Waals surface area contributed by atoms with Gasteiger partial charge in [-0.2, -0.15) is 0 Å². The van der Waals surface area contributed by atoms with Crippen LogP contribution in [0.3, 0.4) is 0 Å². The average Bonchev–Trinajstić information content (AvgIpc) is 3.04. The highest BCUT2D eigenvalue weighted by Crippen LogP contribution is 2.24. The molecular formula is C17H26BrN3. The number of hydrogen-bond donors (Lipinski definition) is 1. The number of halogens is 1. The Morgan fingerprint density at radius 2 is 1.76 bits per heavy atom. The summed E-state index contributed by atoms with van der Waals surface area (Å²) in [4.78, 5) is 5.32. The van der Waals surface area contributed by atoms with Crippen molar-refractivity contribution >= 4 is 21.6 Å². The lowest BCUT2D eigenvalue weighted by molar-refractivity contribution is 0.100. The Bertz CT molecular complexity index is 437. The highest BCUT2D eigenvalue weighted by molar-refractivity contribution is 9.10. The molecule has 2 aliphatic rings. The van der Waals surface area contributed by atoms with Crippen LogP contribution in [0.2, 0.25) is 0 Å². The summed E-state index contributed by atoms with van der Waals surface area (Å²) in [5.41, 5.74) is 1.20. The van der Waals surface area contributed by atoms with Crippen molar-refractivity contribution in [2.45, 2.75) is 31.7 Å². The van der Waals surface area contributed by atoms with Crippen LogP contribution in [-0.4, -0.2) is 55.1 Å². The molecule has 21 heavy (non-hydrogen) atoms. The van der Waals surface area contributed by atoms with E-state index in [1.807, 2.05) is 0 Å². The fraction of sp³-hybridized carbons (Fsp3) is 0.647. The van der Waals surface area contributed by atoms with Crippen LogP contribution in [0.1, 0.15) is 25.7 Å². The second-order valence-corrected chi connectivity index (χ2v) is 7.08. The van der Waals surface area contributed by atoms with E-state index in [-0.39, 0.29) is 0 Å². The zero-order chi connectivity index (χ0) is 14.5. The zero-order valence-corrected chi connectivity index (χ0v) is 14.3. The van der Waals surface area contributed by atoms with Crippen LogP contribution in [0.25, 0.3) is 0 Å². The van der Waals surface area contributed by atoms with Gasteiger partial charge in [0.05, 0.1) is 0 Å². The van der Waals surface area contributed by atoms with Gasteiger partial charge in [0.1, 0.15) is 0 Å². The molecule has 1 aliphatic carbocycles. The van der Waals surface area contributed by atoms with Crippen LogP contribution in [0, 0.1) is 0 Å². The van der Waals surface area contributed by atoms with E-state index in [2.05, 4.69) is 55.3 Å². The van der Waals surface area contributed by atoms with Crippen LogP contribution in [0.5, 0.6) is 0 Å². The average molecular weight is 352 g/mol. The van der Waals surface area contributed by atoms with Gasteiger partial charge in [0.25, 0.3) is 0 Å². The largest absolute Gasteiger partial charge is 0.383 e. The van der Waals surface area contributed by atoms with Crippen molar-refractivity contribution in [2.75, 3.05) is 44.6 Å². The molecule has 1 N–H and O–H groups in total. The maximum Gasteiger partial charge on any atom is 0.0485 e. The van der Waals surface area contributed by atoms with Gasteiger partial charge in [-0.15, -0.1) is 0 Å². The van der Waals surface area contributed by atoms with Crippen molar-refractivity contribution in [3.05, 3.63) is 28.7 Å². The number of benzene rings is 1. The van der Waals surface area contributed by atoms with E-state index < -0.39 is 0 Å². The Hall–Kier alpha value is -0.580. The molecule has 1 aromatic carbocycles. The molecule has 0 bridgehead atoms. The van der Waals surface area contributed by atoms with Gasteiger partial charge in [-0.05, 0) is 40.9 Å². The maximum absolute atomic E-state index is 3.59. The number of anilines is 1. The van der Waals surface area contributed by atoms with E-state index in [1.54, 1.807) is 0 Å². The number of nitrogens with zero attached hydrogens (tertiary/aromatic N) is 2. The fourth-order valence-electron chi connectivity index (χ4n) is 3.57. The fourth-order valence-corrected chi connectivity index (χ4v) is 4.00. The van der Waals surface area contributed by atoms with E-state index in [1.165, 1.54) is 57.5 Å². The van der Waals surface area contributed by atoms with Gasteiger partial charge < -0.3 is 5.32 Å². The minimum absolute atomic E-state index is 0.894. The van der Waals surface area contributed by atoms with Crippen molar-refractivity contribution in [2.24, 2.45) is 0 Å². The van der Waals surface area contributed by atoms with Gasteiger partial charge in [0, 0.05) is 55.5 Å². The summed E-state index contributed by atoms with van der Waals surface area (Å²) < 4.78 is 1.15. The lowest BCUT2D eigenvalue weighted by Crippen LogP contribution is -2.50. The summed E-state index contributed by atoms with van der Waals surface area (Å²) >= 11 is 3.59. The van der Waals surface area contributed by atoms with E-state index >= 15 is 0 Å². The lowest BCUT2D eigenvalue weighted by atomic mass is 10.2. The number of para-hydroxylation sites is 1. The first-order valence-corrected chi connectivity index (χ1v) is 9.07. The van der Waals surface area contributed by atoms with Crippen LogP contribution in [0.15, 0.2) is 28.7 Å². The summed E-state index contributed by atoms with van der Waals surface area (Å²) in [6.45, 7) is 7.15. The Labute approximate surface area is 136 Å². The molecule has 0 radical (unpaired) electrons. The molecule has 2 fully saturated rings. The molecule has 0 amide bonds. The first-order valence-electron chi connectivity index (χ1n) is 8.28. The first kappa shape index (κ1) is 15.3. The Kier molecular flexibility index (Phi) is 5.55. The molecule has 0 spiro atoms. The molecule has 1 heterocycles. The Morgan fingerprint density at radius 3 is 2.48 bits per heavy atom. The lowest BCUT2D eigenvalue weighted by Gasteiger charge is -2.38. The summed E-state index contributed by atoms with van der Waals surface area (Å²) in [6.07, 6.45) is 5.76. The van der Waals surface area contributed by atoms with Crippen LogP contribution in [-0.2, 0) is 0 Å². The first-order chi connectivity index (χ1) is 10.3. The normalized spacial score (nSPS) is 21.8. The van der Waals surface area contributed by atoms with E-state index in [4.69, 9.17) is 0 Å². The van der Waals surface area contributed by atoms with Crippen molar-refractivity contribution in [1.82, 2.24) is 9.80 Å². The summed E-state index contributed by atoms with van der Waals surface area (Å²) in [5.74, 6) is 0. The highest BCUT2D eigenvalue weighted by atomic mass is 79.9. The number of piperazine rings is 1. The second kappa shape index (κ2) is 7.61. The van der Waals surface area contributed by atoms with E-state index in [0.717, 1.165) is 23.6 Å². The minimum atomic E-state index is 0.894. The molecular weight excluding hydrogens is 326 g/mol. The van der Waals surface area contributed by atoms with Crippen molar-refractivity contribution < 1.29 is 0 Å². The molecule has 4 heteroatoms. The van der Waals surface area contributed by atoms with Gasteiger partial charge in [0.2, 0.25) is 0 Å². The third-order valence-electron chi connectivity index (χ3n) is 4.87. The number of hydrogen-bond acceptors (Lipinski definition) is 3. The van der Waals surface area contributed by atoms with E-state index in [0.29, 0.717) is 0 Å². The predicted molar refractivity (Wildman–Crippen MR) is 92.9 cm³/mol. The Morgan fingerprint density at radius 1 is 1.05 bits per heavy atom. The molecule has 0 aromatic heterocycles. The molecule has 3 nitrogen and oxygen atoms in total. The monoisotopic (exact) mass is 351 g/mol. The molecule has 1 aliphatic heterocycles. The quantitative estimate of drug-likeness (QED) is 0.876. The molecule has 1 saturated carbocycles. The standard InChI is InChI=1S/C17H26BrN3/c18-16-7-3-4-8-17(16)19-9-10-20-11-13-21(14-12-20)15-5-1-2-6-15/h3-4,7-8,15,19H,1-2,5-6,9-14H2. The van der Waals surface area contributed by atoms with Gasteiger partial charge in [-0.3, -0.25) is 9.80 Å². The SMILES string of the molecule is Brc1ccccc1NCCN1CCN(C2CCCC2)CC1. The number of nitrogens with one attached hydrogen (secondary N) is 1. The summed E-state index contributed by atoms with van der Waals surface area (Å²) in [5, 5.41) is 3.52. The maximum atomic E-state index is 3.59. The molecule has 1 aromatic rings. The zero-order valence-electron chi connectivity index (χ0n) is 12.7.